The van der Waals surface area contributed by atoms with Crippen LogP contribution in [0, 0.1) is 0 Å². The lowest BCUT2D eigenvalue weighted by Gasteiger charge is -2.32. The highest BCUT2D eigenvalue weighted by atomic mass is 16.5. The van der Waals surface area contributed by atoms with Gasteiger partial charge in [-0.3, -0.25) is 9.79 Å². The van der Waals surface area contributed by atoms with Gasteiger partial charge in [-0.2, -0.15) is 0 Å². The molecule has 0 aliphatic carbocycles. The van der Waals surface area contributed by atoms with Crippen LogP contribution in [0.3, 0.4) is 0 Å². The summed E-state index contributed by atoms with van der Waals surface area (Å²) in [7, 11) is 5.05. The number of amides is 1. The third-order valence-electron chi connectivity index (χ3n) is 5.37. The minimum Gasteiger partial charge on any atom is -0.496 e. The van der Waals surface area contributed by atoms with Crippen molar-refractivity contribution in [1.29, 1.82) is 0 Å². The van der Waals surface area contributed by atoms with Gasteiger partial charge in [-0.05, 0) is 77.3 Å². The first-order chi connectivity index (χ1) is 16.1. The van der Waals surface area contributed by atoms with E-state index >= 15 is 0 Å². The summed E-state index contributed by atoms with van der Waals surface area (Å²) in [6.45, 7) is 9.96. The van der Waals surface area contributed by atoms with E-state index in [1.54, 1.807) is 32.4 Å². The van der Waals surface area contributed by atoms with E-state index in [-0.39, 0.29) is 17.6 Å². The molecule has 0 unspecified atom stereocenters. The summed E-state index contributed by atoms with van der Waals surface area (Å²) in [5.41, 5.74) is 1.98. The van der Waals surface area contributed by atoms with E-state index in [4.69, 9.17) is 14.2 Å². The van der Waals surface area contributed by atoms with Crippen LogP contribution in [0.15, 0.2) is 59.2 Å². The molecule has 0 saturated heterocycles. The summed E-state index contributed by atoms with van der Waals surface area (Å²) >= 11 is 0. The normalized spacial score (nSPS) is 12.2. The maximum atomic E-state index is 13.2. The Kier molecular flexibility index (Phi) is 9.72. The maximum absolute atomic E-state index is 13.2. The van der Waals surface area contributed by atoms with E-state index in [0.29, 0.717) is 23.6 Å². The van der Waals surface area contributed by atoms with Gasteiger partial charge in [0.25, 0.3) is 5.91 Å². The molecule has 2 aromatic carbocycles. The standard InChI is InChI=1S/C28H38N2O4/c1-20(2)34-25-17-16-21(18-26(25)33-8)12-11-14-23(27(31)30(6)28(3,4)5)29-19-22-13-9-10-15-24(22)32-7/h9-10,13-20H,11-12H2,1-8H3/b23-14+,29-19+. The molecule has 0 N–H and O–H groups in total. The molecule has 0 saturated carbocycles. The molecule has 1 amide bonds. The van der Waals surface area contributed by atoms with Gasteiger partial charge in [0.15, 0.2) is 11.5 Å². The second-order valence-corrected chi connectivity index (χ2v) is 9.31. The number of methoxy groups -OCH3 is 2. The van der Waals surface area contributed by atoms with Crippen molar-refractivity contribution in [2.45, 2.75) is 59.1 Å². The van der Waals surface area contributed by atoms with E-state index in [9.17, 15) is 4.79 Å². The van der Waals surface area contributed by atoms with Crippen molar-refractivity contribution >= 4 is 12.1 Å². The first-order valence-corrected chi connectivity index (χ1v) is 11.6. The molecule has 0 aliphatic rings. The number of aliphatic imine (C=N–C) groups is 1. The van der Waals surface area contributed by atoms with Crippen molar-refractivity contribution in [3.63, 3.8) is 0 Å². The quantitative estimate of drug-likeness (QED) is 0.334. The summed E-state index contributed by atoms with van der Waals surface area (Å²) in [5, 5.41) is 0. The lowest BCUT2D eigenvalue weighted by Crippen LogP contribution is -2.43. The van der Waals surface area contributed by atoms with Crippen LogP contribution in [0.25, 0.3) is 0 Å². The van der Waals surface area contributed by atoms with Crippen molar-refractivity contribution in [3.05, 3.63) is 65.4 Å². The lowest BCUT2D eigenvalue weighted by molar-refractivity contribution is -0.129. The molecule has 0 spiro atoms. The summed E-state index contributed by atoms with van der Waals surface area (Å²) in [6.07, 6.45) is 5.02. The molecule has 34 heavy (non-hydrogen) atoms. The van der Waals surface area contributed by atoms with Crippen molar-refractivity contribution in [2.75, 3.05) is 21.3 Å². The highest BCUT2D eigenvalue weighted by Crippen LogP contribution is 2.29. The van der Waals surface area contributed by atoms with Crippen LogP contribution in [0.2, 0.25) is 0 Å². The van der Waals surface area contributed by atoms with Gasteiger partial charge in [-0.15, -0.1) is 0 Å². The first-order valence-electron chi connectivity index (χ1n) is 11.6. The smallest absolute Gasteiger partial charge is 0.272 e. The zero-order chi connectivity index (χ0) is 25.3. The number of aryl methyl sites for hydroxylation is 1. The molecule has 0 radical (unpaired) electrons. The summed E-state index contributed by atoms with van der Waals surface area (Å²) in [4.78, 5) is 19.5. The molecule has 2 rings (SSSR count). The summed E-state index contributed by atoms with van der Waals surface area (Å²) in [6, 6.07) is 13.5. The fourth-order valence-electron chi connectivity index (χ4n) is 3.18. The summed E-state index contributed by atoms with van der Waals surface area (Å²) < 4.78 is 16.7. The highest BCUT2D eigenvalue weighted by molar-refractivity contribution is 5.96. The minimum atomic E-state index is -0.324. The zero-order valence-electron chi connectivity index (χ0n) is 21.7. The van der Waals surface area contributed by atoms with Crippen molar-refractivity contribution in [2.24, 2.45) is 4.99 Å². The van der Waals surface area contributed by atoms with Gasteiger partial charge in [-0.25, -0.2) is 0 Å². The molecular weight excluding hydrogens is 428 g/mol. The van der Waals surface area contributed by atoms with Crippen molar-refractivity contribution in [3.8, 4) is 17.2 Å². The van der Waals surface area contributed by atoms with Crippen LogP contribution in [-0.2, 0) is 11.2 Å². The number of ether oxygens (including phenoxy) is 3. The molecule has 6 heteroatoms. The number of carbonyl (C=O) groups is 1. The van der Waals surface area contributed by atoms with Gasteiger partial charge in [0.2, 0.25) is 0 Å². The Morgan fingerprint density at radius 3 is 2.32 bits per heavy atom. The van der Waals surface area contributed by atoms with E-state index in [1.165, 1.54) is 0 Å². The monoisotopic (exact) mass is 466 g/mol. The van der Waals surface area contributed by atoms with Crippen molar-refractivity contribution < 1.29 is 19.0 Å². The SMILES string of the molecule is COc1ccccc1/C=N/C(=C/CCc1ccc(OC(C)C)c(OC)c1)C(=O)N(C)C(C)(C)C. The number of hydrogen-bond donors (Lipinski definition) is 0. The number of likely N-dealkylation sites (N-methyl/N-ethyl adjacent to an activating group) is 1. The Bertz CT molecular complexity index is 1020. The Labute approximate surface area is 204 Å². The molecule has 184 valence electrons. The van der Waals surface area contributed by atoms with Crippen molar-refractivity contribution in [1.82, 2.24) is 4.90 Å². The van der Waals surface area contributed by atoms with E-state index in [0.717, 1.165) is 23.3 Å². The molecule has 0 aliphatic heterocycles. The van der Waals surface area contributed by atoms with E-state index < -0.39 is 0 Å². The fraction of sp³-hybridized carbons (Fsp3) is 0.429. The van der Waals surface area contributed by atoms with Crippen LogP contribution in [0.5, 0.6) is 17.2 Å². The van der Waals surface area contributed by atoms with Gasteiger partial charge in [-0.1, -0.05) is 24.3 Å². The van der Waals surface area contributed by atoms with Crippen LogP contribution in [-0.4, -0.2) is 49.9 Å². The third-order valence-corrected chi connectivity index (χ3v) is 5.37. The maximum Gasteiger partial charge on any atom is 0.272 e. The Balaban J connectivity index is 2.27. The predicted molar refractivity (Wildman–Crippen MR) is 138 cm³/mol. The van der Waals surface area contributed by atoms with Gasteiger partial charge in [0.05, 0.1) is 20.3 Å². The van der Waals surface area contributed by atoms with Crippen LogP contribution in [0.1, 0.15) is 52.2 Å². The van der Waals surface area contributed by atoms with E-state index in [1.807, 2.05) is 83.2 Å². The van der Waals surface area contributed by atoms with Gasteiger partial charge >= 0.3 is 0 Å². The molecule has 0 atom stereocenters. The van der Waals surface area contributed by atoms with Gasteiger partial charge < -0.3 is 19.1 Å². The van der Waals surface area contributed by atoms with Crippen LogP contribution >= 0.6 is 0 Å². The second kappa shape index (κ2) is 12.3. The Hall–Kier alpha value is -3.28. The molecule has 2 aromatic rings. The molecular formula is C28H38N2O4. The number of allylic oxidation sites excluding steroid dienone is 1. The Morgan fingerprint density at radius 1 is 1.03 bits per heavy atom. The molecule has 0 aromatic heterocycles. The van der Waals surface area contributed by atoms with E-state index in [2.05, 4.69) is 4.99 Å². The molecule has 0 bridgehead atoms. The predicted octanol–water partition coefficient (Wildman–Crippen LogP) is 5.68. The molecule has 0 fully saturated rings. The number of carbonyl (C=O) groups excluding carboxylic acids is 1. The number of nitrogens with zero attached hydrogens (tertiary/aromatic N) is 2. The number of benzene rings is 2. The van der Waals surface area contributed by atoms with Crippen LogP contribution in [0.4, 0.5) is 0 Å². The molecule has 6 nitrogen and oxygen atoms in total. The largest absolute Gasteiger partial charge is 0.496 e. The van der Waals surface area contributed by atoms with Gasteiger partial charge in [0, 0.05) is 24.4 Å². The minimum absolute atomic E-state index is 0.0668. The number of para-hydroxylation sites is 1. The average Bonchev–Trinajstić information content (AvgIpc) is 2.80. The third kappa shape index (κ3) is 7.65. The topological polar surface area (TPSA) is 60.4 Å². The number of rotatable bonds is 10. The first kappa shape index (κ1) is 27.0. The Morgan fingerprint density at radius 2 is 1.71 bits per heavy atom. The average molecular weight is 467 g/mol. The fourth-order valence-corrected chi connectivity index (χ4v) is 3.18. The molecule has 0 heterocycles. The second-order valence-electron chi connectivity index (χ2n) is 9.31. The number of hydrogen-bond acceptors (Lipinski definition) is 5. The highest BCUT2D eigenvalue weighted by Gasteiger charge is 2.24. The lowest BCUT2D eigenvalue weighted by atomic mass is 10.1. The zero-order valence-corrected chi connectivity index (χ0v) is 21.7. The summed E-state index contributed by atoms with van der Waals surface area (Å²) in [5.74, 6) is 2.00. The van der Waals surface area contributed by atoms with Gasteiger partial charge in [0.1, 0.15) is 11.4 Å². The van der Waals surface area contributed by atoms with Crippen LogP contribution < -0.4 is 14.2 Å².